The van der Waals surface area contributed by atoms with Crippen LogP contribution in [-0.2, 0) is 14.3 Å². The van der Waals surface area contributed by atoms with Crippen molar-refractivity contribution in [1.82, 2.24) is 10.2 Å². The number of allylic oxidation sites excluding steroid dienone is 2. The molecule has 6 aliphatic rings. The summed E-state index contributed by atoms with van der Waals surface area (Å²) in [4.78, 5) is 14.1. The Balaban J connectivity index is 1.17. The molecule has 1 aromatic rings. The van der Waals surface area contributed by atoms with E-state index >= 15 is 0 Å². The summed E-state index contributed by atoms with van der Waals surface area (Å²) in [6, 6.07) is 7.56. The number of hydrogen-bond donors (Lipinski definition) is 3. The molecule has 7 nitrogen and oxygen atoms in total. The lowest BCUT2D eigenvalue weighted by Crippen LogP contribution is -2.69. The van der Waals surface area contributed by atoms with Crippen molar-refractivity contribution < 1.29 is 24.0 Å². The molecule has 1 heterocycles. The highest BCUT2D eigenvalue weighted by molar-refractivity contribution is 8.00. The van der Waals surface area contributed by atoms with Gasteiger partial charge >= 0.3 is 5.97 Å². The first-order valence-electron chi connectivity index (χ1n) is 20.4. The molecule has 290 valence electrons. The number of methoxy groups -OCH3 is 1. The third-order valence-electron chi connectivity index (χ3n) is 17.2. The normalized spacial score (nSPS) is 42.2. The van der Waals surface area contributed by atoms with Gasteiger partial charge in [0.2, 0.25) is 0 Å². The van der Waals surface area contributed by atoms with Gasteiger partial charge in [0.25, 0.3) is 0 Å². The highest BCUT2D eigenvalue weighted by atomic mass is 32.2. The lowest BCUT2D eigenvalue weighted by molar-refractivity contribution is -0.227. The van der Waals surface area contributed by atoms with Gasteiger partial charge in [-0.2, -0.15) is 0 Å². The molecule has 10 atom stereocenters. The predicted octanol–water partition coefficient (Wildman–Crippen LogP) is 7.23. The van der Waals surface area contributed by atoms with E-state index in [9.17, 15) is 19.2 Å². The van der Waals surface area contributed by atoms with Gasteiger partial charge in [0.1, 0.15) is 0 Å². The van der Waals surface area contributed by atoms with Crippen LogP contribution in [0.15, 0.2) is 30.3 Å². The fourth-order valence-electron chi connectivity index (χ4n) is 14.4. The number of ether oxygens (including phenoxy) is 1. The van der Waals surface area contributed by atoms with Crippen molar-refractivity contribution in [3.8, 4) is 0 Å². The average molecular weight is 737 g/mol. The van der Waals surface area contributed by atoms with Crippen LogP contribution in [0.5, 0.6) is 0 Å². The Hall–Kier alpha value is -1.71. The van der Waals surface area contributed by atoms with Crippen LogP contribution in [0.1, 0.15) is 115 Å². The third kappa shape index (κ3) is 5.99. The van der Waals surface area contributed by atoms with Gasteiger partial charge in [-0.05, 0) is 155 Å². The van der Waals surface area contributed by atoms with Gasteiger partial charge in [-0.25, -0.2) is 4.79 Å². The summed E-state index contributed by atoms with van der Waals surface area (Å²) >= 11 is 0. The zero-order valence-electron chi connectivity index (χ0n) is 33.3. The van der Waals surface area contributed by atoms with Crippen molar-refractivity contribution in [1.29, 1.82) is 0 Å². The van der Waals surface area contributed by atoms with E-state index < -0.39 is 21.1 Å². The van der Waals surface area contributed by atoms with Crippen molar-refractivity contribution in [2.75, 3.05) is 51.4 Å². The van der Waals surface area contributed by atoms with E-state index in [0.29, 0.717) is 47.3 Å². The van der Waals surface area contributed by atoms with Crippen LogP contribution in [0.25, 0.3) is 5.57 Å². The molecule has 8 heteroatoms. The number of nitrogens with one attached hydrogen (secondary N) is 1. The lowest BCUT2D eigenvalue weighted by atomic mass is 9.32. The van der Waals surface area contributed by atoms with Crippen LogP contribution in [0.2, 0.25) is 0 Å². The second-order valence-electron chi connectivity index (χ2n) is 19.9. The van der Waals surface area contributed by atoms with E-state index in [1.165, 1.54) is 37.7 Å². The van der Waals surface area contributed by atoms with Crippen LogP contribution in [-0.4, -0.2) is 93.7 Å². The standard InChI is InChI=1S/C44H68N2O5S/c1-39(2)32(30-9-11-31(12-10-30)38(47)48)15-18-40(3)35(39)17-19-42(5)36(40)14-13-33-37-34(43(6,49)29-51-7)16-20-44(37,22-21-41(33,42)4)45-23-24-46-25-27-52(8,50)28-26-46/h9-12,15,33-37,45,49H,8,13-14,16-29H2,1-7H3,(H,47,48)/t33-,34-,35+,36-,37+,40+,41-,42-,43?,44+/m1/s1. The topological polar surface area (TPSA) is 99.1 Å². The number of aromatic carboxylic acids is 1. The minimum absolute atomic E-state index is 0.0175. The largest absolute Gasteiger partial charge is 0.478 e. The van der Waals surface area contributed by atoms with Crippen molar-refractivity contribution in [3.63, 3.8) is 0 Å². The van der Waals surface area contributed by atoms with Gasteiger partial charge < -0.3 is 25.2 Å². The average Bonchev–Trinajstić information content (AvgIpc) is 3.46. The van der Waals surface area contributed by atoms with Gasteiger partial charge in [0.05, 0.1) is 17.8 Å². The van der Waals surface area contributed by atoms with Gasteiger partial charge in [-0.1, -0.05) is 52.8 Å². The first kappa shape index (κ1) is 38.6. The third-order valence-corrected chi connectivity index (χ3v) is 19.0. The molecule has 1 aliphatic heterocycles. The monoisotopic (exact) mass is 736 g/mol. The van der Waals surface area contributed by atoms with E-state index in [1.54, 1.807) is 19.2 Å². The zero-order valence-corrected chi connectivity index (χ0v) is 34.1. The summed E-state index contributed by atoms with van der Waals surface area (Å²) in [6.07, 6.45) is 13.0. The van der Waals surface area contributed by atoms with Gasteiger partial charge in [-0.3, -0.25) is 4.21 Å². The van der Waals surface area contributed by atoms with E-state index in [2.05, 4.69) is 56.8 Å². The predicted molar refractivity (Wildman–Crippen MR) is 213 cm³/mol. The Morgan fingerprint density at radius 3 is 2.33 bits per heavy atom. The van der Waals surface area contributed by atoms with Crippen LogP contribution in [0.3, 0.4) is 0 Å². The van der Waals surface area contributed by atoms with E-state index in [-0.39, 0.29) is 33.1 Å². The summed E-state index contributed by atoms with van der Waals surface area (Å²) in [5, 5.41) is 25.8. The van der Waals surface area contributed by atoms with Gasteiger partial charge in [-0.15, -0.1) is 0 Å². The molecule has 0 bridgehead atoms. The molecule has 1 saturated heterocycles. The number of carbonyl (C=O) groups is 1. The molecule has 5 aliphatic carbocycles. The highest BCUT2D eigenvalue weighted by Gasteiger charge is 2.71. The molecular formula is C44H68N2O5S. The summed E-state index contributed by atoms with van der Waals surface area (Å²) in [5.74, 6) is 6.79. The van der Waals surface area contributed by atoms with Crippen molar-refractivity contribution >= 4 is 26.9 Å². The van der Waals surface area contributed by atoms with Crippen LogP contribution >= 0.6 is 0 Å². The molecule has 4 saturated carbocycles. The Morgan fingerprint density at radius 2 is 1.67 bits per heavy atom. The minimum Gasteiger partial charge on any atom is -0.478 e. The summed E-state index contributed by atoms with van der Waals surface area (Å²) in [6.45, 7) is 18.9. The van der Waals surface area contributed by atoms with E-state index in [0.717, 1.165) is 57.4 Å². The van der Waals surface area contributed by atoms with E-state index in [1.807, 2.05) is 19.1 Å². The number of aliphatic hydroxyl groups is 1. The maximum absolute atomic E-state index is 12.5. The van der Waals surface area contributed by atoms with Crippen LogP contribution in [0.4, 0.5) is 0 Å². The number of hydrogen-bond acceptors (Lipinski definition) is 6. The second kappa shape index (κ2) is 13.2. The molecule has 0 amide bonds. The van der Waals surface area contributed by atoms with Crippen molar-refractivity contribution in [2.45, 2.75) is 110 Å². The van der Waals surface area contributed by atoms with Gasteiger partial charge in [0, 0.05) is 50.3 Å². The fraction of sp³-hybridized carbons (Fsp3) is 0.773. The van der Waals surface area contributed by atoms with Gasteiger partial charge in [0.15, 0.2) is 0 Å². The molecule has 0 spiro atoms. The van der Waals surface area contributed by atoms with Crippen LogP contribution in [0, 0.1) is 51.2 Å². The maximum atomic E-state index is 12.5. The summed E-state index contributed by atoms with van der Waals surface area (Å²) in [7, 11) is -0.176. The summed E-state index contributed by atoms with van der Waals surface area (Å²) < 4.78 is 18.2. The first-order valence-corrected chi connectivity index (χ1v) is 22.5. The first-order chi connectivity index (χ1) is 24.3. The molecule has 0 aromatic heterocycles. The fourth-order valence-corrected chi connectivity index (χ4v) is 15.8. The Bertz CT molecular complexity index is 1650. The van der Waals surface area contributed by atoms with Crippen molar-refractivity contribution in [2.24, 2.45) is 51.2 Å². The minimum atomic E-state index is -1.90. The SMILES string of the molecule is C=S1(=O)CCN(CCN[C@]23CC[C@@H](C(C)(O)COC)[C@@H]2[C@H]2CC[C@@H]4[C@@]5(C)CC=C(c6ccc(C(=O)O)cc6)C(C)(C)[C@@H]5CC[C@@]4(C)[C@]2(C)CC3)CC1. The molecule has 5 fully saturated rings. The Labute approximate surface area is 314 Å². The molecule has 3 N–H and O–H groups in total. The smallest absolute Gasteiger partial charge is 0.335 e. The number of fused-ring (bicyclic) bond motifs is 7. The van der Waals surface area contributed by atoms with Crippen LogP contribution < -0.4 is 5.32 Å². The number of benzene rings is 1. The maximum Gasteiger partial charge on any atom is 0.335 e. The Morgan fingerprint density at radius 1 is 0.981 bits per heavy atom. The number of nitrogens with zero attached hydrogens (tertiary/aromatic N) is 1. The molecule has 52 heavy (non-hydrogen) atoms. The second-order valence-corrected chi connectivity index (χ2v) is 22.6. The number of carboxylic acid groups (broad SMARTS) is 1. The Kier molecular flexibility index (Phi) is 9.79. The number of rotatable bonds is 9. The molecule has 7 rings (SSSR count). The highest BCUT2D eigenvalue weighted by Crippen LogP contribution is 2.76. The van der Waals surface area contributed by atoms with Crippen molar-refractivity contribution in [3.05, 3.63) is 41.5 Å². The van der Waals surface area contributed by atoms with E-state index in [4.69, 9.17) is 4.74 Å². The quantitative estimate of drug-likeness (QED) is 0.230. The summed E-state index contributed by atoms with van der Waals surface area (Å²) in [5.41, 5.74) is 2.57. The molecule has 1 aromatic carbocycles. The number of carboxylic acids is 1. The molecule has 1 unspecified atom stereocenters. The molecule has 0 radical (unpaired) electrons. The lowest BCUT2D eigenvalue weighted by Gasteiger charge is -2.72. The molecular weight excluding hydrogens is 669 g/mol. The zero-order chi connectivity index (χ0) is 37.5.